The van der Waals surface area contributed by atoms with E-state index in [0.717, 1.165) is 12.3 Å². The Morgan fingerprint density at radius 2 is 1.85 bits per heavy atom. The molecular weight excluding hydrogens is 464 g/mol. The third kappa shape index (κ3) is 5.01. The van der Waals surface area contributed by atoms with Gasteiger partial charge in [-0.2, -0.15) is 17.5 Å². The van der Waals surface area contributed by atoms with Crippen molar-refractivity contribution in [3.63, 3.8) is 0 Å². The molecule has 7 nitrogen and oxygen atoms in total. The van der Waals surface area contributed by atoms with Gasteiger partial charge in [0.05, 0.1) is 12.9 Å². The number of imidazole rings is 1. The summed E-state index contributed by atoms with van der Waals surface area (Å²) in [6.07, 6.45) is -0.844. The average molecular weight is 484 g/mol. The van der Waals surface area contributed by atoms with Crippen molar-refractivity contribution in [3.05, 3.63) is 72.2 Å². The summed E-state index contributed by atoms with van der Waals surface area (Å²) in [6.45, 7) is 0.123. The van der Waals surface area contributed by atoms with Crippen LogP contribution < -0.4 is 4.74 Å². The molecule has 1 aromatic carbocycles. The molecule has 0 radical (unpaired) electrons. The second-order valence-electron chi connectivity index (χ2n) is 7.80. The number of hydrogen-bond acceptors (Lipinski definition) is 5. The molecule has 1 aliphatic rings. The maximum atomic E-state index is 13.4. The maximum absolute atomic E-state index is 13.4. The van der Waals surface area contributed by atoms with E-state index in [1.54, 1.807) is 19.2 Å². The first-order valence-corrected chi connectivity index (χ1v) is 11.4. The van der Waals surface area contributed by atoms with Crippen LogP contribution in [0.1, 0.15) is 17.2 Å². The smallest absolute Gasteiger partial charge is 0.433 e. The molecule has 0 saturated carbocycles. The molecule has 4 rings (SSSR count). The summed E-state index contributed by atoms with van der Waals surface area (Å²) in [7, 11) is -2.25. The molecule has 0 amide bonds. The number of aromatic nitrogens is 3. The number of ether oxygens (including phenoxy) is 1. The molecular formula is C21H20F4N4O3S. The quantitative estimate of drug-likeness (QED) is 0.501. The molecule has 3 heterocycles. The third-order valence-electron chi connectivity index (χ3n) is 5.48. The number of halogens is 4. The molecule has 0 bridgehead atoms. The molecule has 0 unspecified atom stereocenters. The van der Waals surface area contributed by atoms with Gasteiger partial charge in [-0.3, -0.25) is 4.98 Å². The largest absolute Gasteiger partial charge is 0.493 e. The Kier molecular flexibility index (Phi) is 6.14. The van der Waals surface area contributed by atoms with Crippen LogP contribution in [0.25, 0.3) is 0 Å². The van der Waals surface area contributed by atoms with E-state index in [-0.39, 0.29) is 36.4 Å². The van der Waals surface area contributed by atoms with Gasteiger partial charge in [-0.1, -0.05) is 12.1 Å². The number of alkyl halides is 3. The maximum Gasteiger partial charge on any atom is 0.433 e. The van der Waals surface area contributed by atoms with Crippen molar-refractivity contribution in [2.45, 2.75) is 17.1 Å². The molecule has 1 aliphatic heterocycles. The number of nitrogens with zero attached hydrogens (tertiary/aromatic N) is 4. The van der Waals surface area contributed by atoms with E-state index in [0.29, 0.717) is 5.56 Å². The van der Waals surface area contributed by atoms with Gasteiger partial charge in [-0.25, -0.2) is 17.8 Å². The molecule has 12 heteroatoms. The van der Waals surface area contributed by atoms with Crippen LogP contribution in [0.4, 0.5) is 17.6 Å². The van der Waals surface area contributed by atoms with Crippen LogP contribution in [0.5, 0.6) is 5.75 Å². The standard InChI is InChI=1S/C21H20F4N4O3S/c1-28-11-20(27-13-28)33(30,31)29-9-15(18(10-29)14-2-4-16(22)5-3-14)12-32-17-6-7-26-19(8-17)21(23,24)25/h2-8,11,13,15,18H,9-10,12H2,1H3/t15-,18-/m1/s1. The van der Waals surface area contributed by atoms with Crippen LogP contribution in [-0.4, -0.2) is 47.0 Å². The van der Waals surface area contributed by atoms with Crippen LogP contribution in [0.15, 0.2) is 60.1 Å². The second kappa shape index (κ2) is 8.75. The van der Waals surface area contributed by atoms with Crippen LogP contribution in [0.2, 0.25) is 0 Å². The Morgan fingerprint density at radius 3 is 2.48 bits per heavy atom. The summed E-state index contributed by atoms with van der Waals surface area (Å²) in [5, 5.41) is -0.103. The summed E-state index contributed by atoms with van der Waals surface area (Å²) in [5.41, 5.74) is -0.379. The van der Waals surface area contributed by atoms with Crippen molar-refractivity contribution in [2.24, 2.45) is 13.0 Å². The van der Waals surface area contributed by atoms with Gasteiger partial charge < -0.3 is 9.30 Å². The van der Waals surface area contributed by atoms with Gasteiger partial charge in [0.25, 0.3) is 10.0 Å². The first-order valence-electron chi connectivity index (χ1n) is 9.93. The molecule has 3 aromatic rings. The topological polar surface area (TPSA) is 77.3 Å². The van der Waals surface area contributed by atoms with Crippen LogP contribution in [0.3, 0.4) is 0 Å². The van der Waals surface area contributed by atoms with Crippen LogP contribution >= 0.6 is 0 Å². The minimum absolute atomic E-state index is 0.0267. The lowest BCUT2D eigenvalue weighted by Crippen LogP contribution is -2.30. The highest BCUT2D eigenvalue weighted by Gasteiger charge is 2.41. The lowest BCUT2D eigenvalue weighted by atomic mass is 9.89. The van der Waals surface area contributed by atoms with E-state index in [2.05, 4.69) is 9.97 Å². The lowest BCUT2D eigenvalue weighted by Gasteiger charge is -2.19. The van der Waals surface area contributed by atoms with E-state index in [1.807, 2.05) is 0 Å². The highest BCUT2D eigenvalue weighted by molar-refractivity contribution is 7.89. The van der Waals surface area contributed by atoms with Crippen molar-refractivity contribution in [3.8, 4) is 5.75 Å². The minimum Gasteiger partial charge on any atom is -0.493 e. The normalized spacial score (nSPS) is 19.7. The zero-order valence-corrected chi connectivity index (χ0v) is 18.2. The fourth-order valence-corrected chi connectivity index (χ4v) is 5.29. The first kappa shape index (κ1) is 23.2. The van der Waals surface area contributed by atoms with Crippen molar-refractivity contribution in [1.29, 1.82) is 0 Å². The molecule has 33 heavy (non-hydrogen) atoms. The first-order chi connectivity index (χ1) is 15.5. The molecule has 2 aromatic heterocycles. The van der Waals surface area contributed by atoms with Crippen molar-refractivity contribution >= 4 is 10.0 Å². The summed E-state index contributed by atoms with van der Waals surface area (Å²) < 4.78 is 86.8. The molecule has 1 fully saturated rings. The van der Waals surface area contributed by atoms with Gasteiger partial charge >= 0.3 is 6.18 Å². The Labute approximate surface area is 187 Å². The van der Waals surface area contributed by atoms with Crippen molar-refractivity contribution in [1.82, 2.24) is 18.8 Å². The number of pyridine rings is 1. The van der Waals surface area contributed by atoms with E-state index in [4.69, 9.17) is 4.74 Å². The van der Waals surface area contributed by atoms with Crippen molar-refractivity contribution < 1.29 is 30.7 Å². The average Bonchev–Trinajstić information content (AvgIpc) is 3.40. The highest BCUT2D eigenvalue weighted by atomic mass is 32.2. The monoisotopic (exact) mass is 484 g/mol. The van der Waals surface area contributed by atoms with Crippen molar-refractivity contribution in [2.75, 3.05) is 19.7 Å². The minimum atomic E-state index is -4.61. The van der Waals surface area contributed by atoms with E-state index in [1.165, 1.54) is 39.6 Å². The Bertz CT molecular complexity index is 1230. The molecule has 1 saturated heterocycles. The fraction of sp³-hybridized carbons (Fsp3) is 0.333. The zero-order chi connectivity index (χ0) is 23.8. The molecule has 2 atom stereocenters. The number of hydrogen-bond donors (Lipinski definition) is 0. The SMILES string of the molecule is Cn1cnc(S(=O)(=O)N2C[C@H](COc3ccnc(C(F)(F)F)c3)[C@@H](c3ccc(F)cc3)C2)c1. The van der Waals surface area contributed by atoms with Gasteiger partial charge in [0.2, 0.25) is 0 Å². The van der Waals surface area contributed by atoms with Gasteiger partial charge in [0, 0.05) is 50.4 Å². The molecule has 0 N–H and O–H groups in total. The predicted molar refractivity (Wildman–Crippen MR) is 109 cm³/mol. The van der Waals surface area contributed by atoms with Gasteiger partial charge in [-0.15, -0.1) is 0 Å². The molecule has 176 valence electrons. The highest BCUT2D eigenvalue weighted by Crippen LogP contribution is 2.36. The summed E-state index contributed by atoms with van der Waals surface area (Å²) >= 11 is 0. The summed E-state index contributed by atoms with van der Waals surface area (Å²) in [6, 6.07) is 7.79. The van der Waals surface area contributed by atoms with Gasteiger partial charge in [-0.05, 0) is 23.8 Å². The van der Waals surface area contributed by atoms with Crippen LogP contribution in [0, 0.1) is 11.7 Å². The van der Waals surface area contributed by atoms with E-state index in [9.17, 15) is 26.0 Å². The fourth-order valence-electron chi connectivity index (χ4n) is 3.80. The summed E-state index contributed by atoms with van der Waals surface area (Å²) in [4.78, 5) is 7.24. The Morgan fingerprint density at radius 1 is 1.12 bits per heavy atom. The number of benzene rings is 1. The summed E-state index contributed by atoms with van der Waals surface area (Å²) in [5.74, 6) is -1.20. The Balaban J connectivity index is 1.58. The van der Waals surface area contributed by atoms with Crippen LogP contribution in [-0.2, 0) is 23.2 Å². The lowest BCUT2D eigenvalue weighted by molar-refractivity contribution is -0.141. The number of rotatable bonds is 6. The number of aryl methyl sites for hydroxylation is 1. The predicted octanol–water partition coefficient (Wildman–Crippen LogP) is 3.46. The number of sulfonamides is 1. The second-order valence-corrected chi connectivity index (χ2v) is 9.69. The van der Waals surface area contributed by atoms with Gasteiger partial charge in [0.1, 0.15) is 17.3 Å². The molecule has 0 spiro atoms. The van der Waals surface area contributed by atoms with E-state index >= 15 is 0 Å². The molecule has 0 aliphatic carbocycles. The zero-order valence-electron chi connectivity index (χ0n) is 17.4. The Hall–Kier alpha value is -2.99. The third-order valence-corrected chi connectivity index (χ3v) is 7.19. The van der Waals surface area contributed by atoms with E-state index < -0.39 is 33.6 Å². The van der Waals surface area contributed by atoms with Gasteiger partial charge in [0.15, 0.2) is 5.03 Å².